The third-order valence-electron chi connectivity index (χ3n) is 5.99. The van der Waals surface area contributed by atoms with Gasteiger partial charge in [0.05, 0.1) is 0 Å². The summed E-state index contributed by atoms with van der Waals surface area (Å²) in [4.78, 5) is 18.3. The molecule has 146 valence electrons. The third kappa shape index (κ3) is 4.29. The highest BCUT2D eigenvalue weighted by Gasteiger charge is 2.25. The Hall–Kier alpha value is -2.01. The largest absolute Gasteiger partial charge is 0.489 e. The van der Waals surface area contributed by atoms with Gasteiger partial charge in [0.1, 0.15) is 17.5 Å². The Balaban J connectivity index is 1.41. The molecular formula is C22H31N3O2. The van der Waals surface area contributed by atoms with Gasteiger partial charge in [0.2, 0.25) is 0 Å². The lowest BCUT2D eigenvalue weighted by Crippen LogP contribution is -2.36. The number of ether oxygens (including phenoxy) is 1. The summed E-state index contributed by atoms with van der Waals surface area (Å²) in [5.74, 6) is 0.889. The van der Waals surface area contributed by atoms with Gasteiger partial charge in [0, 0.05) is 36.1 Å². The van der Waals surface area contributed by atoms with Gasteiger partial charge in [-0.05, 0) is 57.4 Å². The molecular weight excluding hydrogens is 338 g/mol. The molecule has 1 saturated carbocycles. The second-order valence-corrected chi connectivity index (χ2v) is 8.36. The van der Waals surface area contributed by atoms with Crippen LogP contribution in [0.1, 0.15) is 62.9 Å². The second-order valence-electron chi connectivity index (χ2n) is 8.36. The summed E-state index contributed by atoms with van der Waals surface area (Å²) < 4.78 is 6.20. The molecule has 1 unspecified atom stereocenters. The molecule has 5 heteroatoms. The quantitative estimate of drug-likeness (QED) is 0.834. The number of benzene rings is 1. The first kappa shape index (κ1) is 18.4. The highest BCUT2D eigenvalue weighted by atomic mass is 16.5. The third-order valence-corrected chi connectivity index (χ3v) is 5.99. The van der Waals surface area contributed by atoms with Crippen molar-refractivity contribution in [3.8, 4) is 5.75 Å². The molecule has 0 radical (unpaired) electrons. The van der Waals surface area contributed by atoms with Crippen LogP contribution in [0.15, 0.2) is 24.3 Å². The molecule has 0 bridgehead atoms. The van der Waals surface area contributed by atoms with Gasteiger partial charge in [-0.2, -0.15) is 0 Å². The number of hydrogen-bond donors (Lipinski definition) is 2. The summed E-state index contributed by atoms with van der Waals surface area (Å²) in [6.07, 6.45) is 7.23. The number of aromatic amines is 1. The van der Waals surface area contributed by atoms with Crippen molar-refractivity contribution >= 4 is 16.8 Å². The maximum absolute atomic E-state index is 12.6. The van der Waals surface area contributed by atoms with Crippen molar-refractivity contribution in [1.82, 2.24) is 15.2 Å². The molecule has 0 spiro atoms. The van der Waals surface area contributed by atoms with Gasteiger partial charge in [-0.3, -0.25) is 9.69 Å². The number of carbonyl (C=O) groups is 1. The first-order valence-electron chi connectivity index (χ1n) is 10.4. The highest BCUT2D eigenvalue weighted by Crippen LogP contribution is 2.25. The second kappa shape index (κ2) is 7.93. The lowest BCUT2D eigenvalue weighted by Gasteiger charge is -2.22. The molecule has 1 aromatic carbocycles. The van der Waals surface area contributed by atoms with Crippen LogP contribution in [-0.2, 0) is 0 Å². The monoisotopic (exact) mass is 369 g/mol. The number of amides is 1. The number of aromatic nitrogens is 1. The smallest absolute Gasteiger partial charge is 0.267 e. The summed E-state index contributed by atoms with van der Waals surface area (Å²) in [5, 5.41) is 4.21. The molecule has 4 rings (SSSR count). The fourth-order valence-corrected chi connectivity index (χ4v) is 4.33. The maximum Gasteiger partial charge on any atom is 0.267 e. The van der Waals surface area contributed by atoms with Crippen molar-refractivity contribution in [3.63, 3.8) is 0 Å². The standard InChI is InChI=1S/C22H31N3O2/c1-15(2)25-11-10-19(14-25)27-18-8-9-20-16(12-18)13-21(24-20)22(26)23-17-6-4-3-5-7-17/h8-9,12-13,15,17,19,24H,3-7,10-11,14H2,1-2H3,(H,23,26). The van der Waals surface area contributed by atoms with Crippen LogP contribution >= 0.6 is 0 Å². The van der Waals surface area contributed by atoms with Crippen LogP contribution in [0.5, 0.6) is 5.75 Å². The number of nitrogens with one attached hydrogen (secondary N) is 2. The van der Waals surface area contributed by atoms with E-state index in [0.29, 0.717) is 17.8 Å². The van der Waals surface area contributed by atoms with E-state index in [9.17, 15) is 4.79 Å². The van der Waals surface area contributed by atoms with Crippen LogP contribution < -0.4 is 10.1 Å². The average molecular weight is 370 g/mol. The van der Waals surface area contributed by atoms with Crippen molar-refractivity contribution < 1.29 is 9.53 Å². The van der Waals surface area contributed by atoms with Crippen LogP contribution in [0.25, 0.3) is 10.9 Å². The lowest BCUT2D eigenvalue weighted by atomic mass is 9.95. The molecule has 2 aromatic rings. The average Bonchev–Trinajstić information content (AvgIpc) is 3.29. The molecule has 1 aliphatic carbocycles. The molecule has 1 saturated heterocycles. The Labute approximate surface area is 161 Å². The predicted octanol–water partition coefficient (Wildman–Crippen LogP) is 4.09. The Bertz CT molecular complexity index is 792. The van der Waals surface area contributed by atoms with Gasteiger partial charge in [0.25, 0.3) is 5.91 Å². The number of rotatable bonds is 5. The van der Waals surface area contributed by atoms with Gasteiger partial charge >= 0.3 is 0 Å². The van der Waals surface area contributed by atoms with E-state index in [-0.39, 0.29) is 12.0 Å². The summed E-state index contributed by atoms with van der Waals surface area (Å²) in [6.45, 7) is 6.54. The predicted molar refractivity (Wildman–Crippen MR) is 108 cm³/mol. The molecule has 1 aliphatic heterocycles. The fraction of sp³-hybridized carbons (Fsp3) is 0.591. The molecule has 1 amide bonds. The van der Waals surface area contributed by atoms with E-state index >= 15 is 0 Å². The van der Waals surface area contributed by atoms with Crippen LogP contribution in [0, 0.1) is 0 Å². The summed E-state index contributed by atoms with van der Waals surface area (Å²) in [5.41, 5.74) is 1.62. The van der Waals surface area contributed by atoms with Crippen LogP contribution in [-0.4, -0.2) is 47.1 Å². The zero-order valence-electron chi connectivity index (χ0n) is 16.5. The van der Waals surface area contributed by atoms with Crippen molar-refractivity contribution in [2.75, 3.05) is 13.1 Å². The molecule has 5 nitrogen and oxygen atoms in total. The Morgan fingerprint density at radius 1 is 1.19 bits per heavy atom. The number of nitrogens with zero attached hydrogens (tertiary/aromatic N) is 1. The normalized spacial score (nSPS) is 21.8. The Kier molecular flexibility index (Phi) is 5.39. The maximum atomic E-state index is 12.6. The first-order chi connectivity index (χ1) is 13.1. The SMILES string of the molecule is CC(C)N1CCC(Oc2ccc3[nH]c(C(=O)NC4CCCCC4)cc3c2)C1. The minimum absolute atomic E-state index is 0.00364. The van der Waals surface area contributed by atoms with E-state index < -0.39 is 0 Å². The van der Waals surface area contributed by atoms with Crippen molar-refractivity contribution in [2.24, 2.45) is 0 Å². The number of likely N-dealkylation sites (tertiary alicyclic amines) is 1. The van der Waals surface area contributed by atoms with Crippen molar-refractivity contribution in [3.05, 3.63) is 30.0 Å². The van der Waals surface area contributed by atoms with Gasteiger partial charge in [-0.15, -0.1) is 0 Å². The number of carbonyl (C=O) groups excluding carboxylic acids is 1. The van der Waals surface area contributed by atoms with Gasteiger partial charge in [0.15, 0.2) is 0 Å². The molecule has 2 aliphatic rings. The van der Waals surface area contributed by atoms with E-state index in [0.717, 1.165) is 49.0 Å². The van der Waals surface area contributed by atoms with E-state index in [1.807, 2.05) is 24.3 Å². The Morgan fingerprint density at radius 3 is 2.74 bits per heavy atom. The van der Waals surface area contributed by atoms with E-state index in [1.54, 1.807) is 0 Å². The molecule has 2 heterocycles. The van der Waals surface area contributed by atoms with Gasteiger partial charge in [-0.1, -0.05) is 19.3 Å². The molecule has 1 aromatic heterocycles. The van der Waals surface area contributed by atoms with Crippen LogP contribution in [0.4, 0.5) is 0 Å². The van der Waals surface area contributed by atoms with E-state index in [2.05, 4.69) is 29.0 Å². The summed E-state index contributed by atoms with van der Waals surface area (Å²) in [6, 6.07) is 8.88. The summed E-state index contributed by atoms with van der Waals surface area (Å²) in [7, 11) is 0. The number of fused-ring (bicyclic) bond motifs is 1. The van der Waals surface area contributed by atoms with Crippen molar-refractivity contribution in [1.29, 1.82) is 0 Å². The summed E-state index contributed by atoms with van der Waals surface area (Å²) >= 11 is 0. The zero-order valence-corrected chi connectivity index (χ0v) is 16.5. The minimum Gasteiger partial charge on any atom is -0.489 e. The van der Waals surface area contributed by atoms with E-state index in [4.69, 9.17) is 4.74 Å². The topological polar surface area (TPSA) is 57.4 Å². The Morgan fingerprint density at radius 2 is 2.00 bits per heavy atom. The molecule has 2 fully saturated rings. The number of hydrogen-bond acceptors (Lipinski definition) is 3. The van der Waals surface area contributed by atoms with Gasteiger partial charge in [-0.25, -0.2) is 0 Å². The van der Waals surface area contributed by atoms with Crippen LogP contribution in [0.2, 0.25) is 0 Å². The van der Waals surface area contributed by atoms with E-state index in [1.165, 1.54) is 19.3 Å². The van der Waals surface area contributed by atoms with Crippen molar-refractivity contribution in [2.45, 2.75) is 70.6 Å². The van der Waals surface area contributed by atoms with Crippen LogP contribution in [0.3, 0.4) is 0 Å². The first-order valence-corrected chi connectivity index (χ1v) is 10.4. The number of H-pyrrole nitrogens is 1. The lowest BCUT2D eigenvalue weighted by molar-refractivity contribution is 0.0923. The fourth-order valence-electron chi connectivity index (χ4n) is 4.33. The zero-order chi connectivity index (χ0) is 18.8. The molecule has 1 atom stereocenters. The highest BCUT2D eigenvalue weighted by molar-refractivity contribution is 5.98. The molecule has 2 N–H and O–H groups in total. The molecule has 27 heavy (non-hydrogen) atoms. The van der Waals surface area contributed by atoms with Gasteiger partial charge < -0.3 is 15.0 Å². The minimum atomic E-state index is 0.00364.